The van der Waals surface area contributed by atoms with Crippen molar-refractivity contribution in [2.24, 2.45) is 0 Å². The lowest BCUT2D eigenvalue weighted by Gasteiger charge is -2.12. The fraction of sp³-hybridized carbons (Fsp3) is 0.235. The quantitative estimate of drug-likeness (QED) is 0.806. The Bertz CT molecular complexity index is 564. The first-order valence-electron chi connectivity index (χ1n) is 6.50. The summed E-state index contributed by atoms with van der Waals surface area (Å²) in [5, 5.41) is 8.78. The number of benzene rings is 2. The van der Waals surface area contributed by atoms with Crippen LogP contribution in [-0.2, 0) is 0 Å². The van der Waals surface area contributed by atoms with Gasteiger partial charge in [-0.1, -0.05) is 31.2 Å². The molecule has 96 valence electrons. The molecule has 0 aromatic heterocycles. The molecule has 0 spiro atoms. The van der Waals surface area contributed by atoms with Gasteiger partial charge < -0.3 is 4.74 Å². The number of hydrogen-bond donors (Lipinski definition) is 0. The summed E-state index contributed by atoms with van der Waals surface area (Å²) in [7, 11) is 0. The molecule has 0 heterocycles. The SMILES string of the molecule is CCC(C)Oc1ccc(-c2ccc(C#N)cc2)cc1. The molecule has 19 heavy (non-hydrogen) atoms. The van der Waals surface area contributed by atoms with Gasteiger partial charge in [-0.25, -0.2) is 0 Å². The maximum Gasteiger partial charge on any atom is 0.119 e. The Labute approximate surface area is 114 Å². The van der Waals surface area contributed by atoms with Gasteiger partial charge in [0, 0.05) is 0 Å². The summed E-state index contributed by atoms with van der Waals surface area (Å²) in [5.41, 5.74) is 2.91. The van der Waals surface area contributed by atoms with E-state index in [2.05, 4.69) is 19.9 Å². The lowest BCUT2D eigenvalue weighted by molar-refractivity contribution is 0.217. The Morgan fingerprint density at radius 2 is 1.53 bits per heavy atom. The van der Waals surface area contributed by atoms with Gasteiger partial charge in [-0.15, -0.1) is 0 Å². The highest BCUT2D eigenvalue weighted by Gasteiger charge is 2.02. The number of ether oxygens (including phenoxy) is 1. The second-order valence-electron chi connectivity index (χ2n) is 4.55. The van der Waals surface area contributed by atoms with E-state index in [9.17, 15) is 0 Å². The Balaban J connectivity index is 2.15. The van der Waals surface area contributed by atoms with E-state index < -0.39 is 0 Å². The number of rotatable bonds is 4. The molecule has 0 aliphatic rings. The van der Waals surface area contributed by atoms with Crippen LogP contribution >= 0.6 is 0 Å². The van der Waals surface area contributed by atoms with Crippen LogP contribution in [0.25, 0.3) is 11.1 Å². The fourth-order valence-corrected chi connectivity index (χ4v) is 1.78. The highest BCUT2D eigenvalue weighted by molar-refractivity contribution is 5.64. The molecule has 0 N–H and O–H groups in total. The predicted octanol–water partition coefficient (Wildman–Crippen LogP) is 4.40. The normalized spacial score (nSPS) is 11.6. The predicted molar refractivity (Wildman–Crippen MR) is 77.0 cm³/mol. The van der Waals surface area contributed by atoms with Crippen LogP contribution in [0.5, 0.6) is 5.75 Å². The standard InChI is InChI=1S/C17H17NO/c1-3-13(2)19-17-10-8-16(9-11-17)15-6-4-14(12-18)5-7-15/h4-11,13H,3H2,1-2H3. The van der Waals surface area contributed by atoms with E-state index in [1.165, 1.54) is 0 Å². The Morgan fingerprint density at radius 1 is 1.00 bits per heavy atom. The first kappa shape index (κ1) is 13.2. The molecule has 0 radical (unpaired) electrons. The molecular weight excluding hydrogens is 234 g/mol. The van der Waals surface area contributed by atoms with Gasteiger partial charge in [0.2, 0.25) is 0 Å². The first-order chi connectivity index (χ1) is 9.22. The third-order valence-corrected chi connectivity index (χ3v) is 3.11. The highest BCUT2D eigenvalue weighted by atomic mass is 16.5. The van der Waals surface area contributed by atoms with Crippen molar-refractivity contribution in [1.29, 1.82) is 5.26 Å². The molecule has 0 aliphatic heterocycles. The molecule has 0 aliphatic carbocycles. The molecule has 0 fully saturated rings. The second kappa shape index (κ2) is 6.06. The summed E-state index contributed by atoms with van der Waals surface area (Å²) in [6.45, 7) is 4.17. The average molecular weight is 251 g/mol. The van der Waals surface area contributed by atoms with Gasteiger partial charge in [-0.3, -0.25) is 0 Å². The largest absolute Gasteiger partial charge is 0.491 e. The zero-order chi connectivity index (χ0) is 13.7. The zero-order valence-electron chi connectivity index (χ0n) is 11.3. The van der Waals surface area contributed by atoms with Crippen LogP contribution in [0.15, 0.2) is 48.5 Å². The molecule has 0 bridgehead atoms. The van der Waals surface area contributed by atoms with E-state index >= 15 is 0 Å². The van der Waals surface area contributed by atoms with E-state index in [0.717, 1.165) is 23.3 Å². The van der Waals surface area contributed by atoms with Gasteiger partial charge in [0.1, 0.15) is 5.75 Å². The third-order valence-electron chi connectivity index (χ3n) is 3.11. The van der Waals surface area contributed by atoms with Crippen LogP contribution in [-0.4, -0.2) is 6.10 Å². The summed E-state index contributed by atoms with van der Waals surface area (Å²) in [4.78, 5) is 0. The highest BCUT2D eigenvalue weighted by Crippen LogP contribution is 2.23. The van der Waals surface area contributed by atoms with Crippen molar-refractivity contribution in [3.8, 4) is 22.9 Å². The topological polar surface area (TPSA) is 33.0 Å². The maximum atomic E-state index is 8.78. The molecule has 2 aromatic carbocycles. The molecule has 2 heteroatoms. The monoisotopic (exact) mass is 251 g/mol. The third kappa shape index (κ3) is 3.35. The summed E-state index contributed by atoms with van der Waals surface area (Å²) in [5.74, 6) is 0.895. The molecule has 0 amide bonds. The fourth-order valence-electron chi connectivity index (χ4n) is 1.78. The van der Waals surface area contributed by atoms with Crippen LogP contribution in [0, 0.1) is 11.3 Å². The lowest BCUT2D eigenvalue weighted by atomic mass is 10.0. The molecular formula is C17H17NO. The van der Waals surface area contributed by atoms with E-state index in [0.29, 0.717) is 5.56 Å². The molecule has 0 saturated carbocycles. The van der Waals surface area contributed by atoms with Crippen LogP contribution in [0.2, 0.25) is 0 Å². The van der Waals surface area contributed by atoms with E-state index in [4.69, 9.17) is 10.00 Å². The minimum Gasteiger partial charge on any atom is -0.491 e. The van der Waals surface area contributed by atoms with Crippen LogP contribution < -0.4 is 4.74 Å². The van der Waals surface area contributed by atoms with Crippen LogP contribution in [0.4, 0.5) is 0 Å². The summed E-state index contributed by atoms with van der Waals surface area (Å²) < 4.78 is 5.75. The number of nitrogens with zero attached hydrogens (tertiary/aromatic N) is 1. The van der Waals surface area contributed by atoms with Gasteiger partial charge in [0.15, 0.2) is 0 Å². The van der Waals surface area contributed by atoms with Crippen molar-refractivity contribution in [1.82, 2.24) is 0 Å². The number of nitriles is 1. The first-order valence-corrected chi connectivity index (χ1v) is 6.50. The van der Waals surface area contributed by atoms with Crippen LogP contribution in [0.1, 0.15) is 25.8 Å². The van der Waals surface area contributed by atoms with Crippen molar-refractivity contribution in [3.05, 3.63) is 54.1 Å². The average Bonchev–Trinajstić information content (AvgIpc) is 2.48. The summed E-state index contributed by atoms with van der Waals surface area (Å²) >= 11 is 0. The van der Waals surface area contributed by atoms with Crippen molar-refractivity contribution in [2.75, 3.05) is 0 Å². The zero-order valence-corrected chi connectivity index (χ0v) is 11.3. The molecule has 1 atom stereocenters. The molecule has 2 rings (SSSR count). The lowest BCUT2D eigenvalue weighted by Crippen LogP contribution is -2.09. The Kier molecular flexibility index (Phi) is 4.20. The summed E-state index contributed by atoms with van der Waals surface area (Å²) in [6.07, 6.45) is 1.23. The van der Waals surface area contributed by atoms with Gasteiger partial charge in [-0.2, -0.15) is 5.26 Å². The Morgan fingerprint density at radius 3 is 2.00 bits per heavy atom. The number of hydrogen-bond acceptors (Lipinski definition) is 2. The van der Waals surface area contributed by atoms with Crippen molar-refractivity contribution in [2.45, 2.75) is 26.4 Å². The molecule has 2 aromatic rings. The van der Waals surface area contributed by atoms with Gasteiger partial charge in [0.25, 0.3) is 0 Å². The van der Waals surface area contributed by atoms with Crippen molar-refractivity contribution < 1.29 is 4.74 Å². The molecule has 1 unspecified atom stereocenters. The second-order valence-corrected chi connectivity index (χ2v) is 4.55. The van der Waals surface area contributed by atoms with E-state index in [1.807, 2.05) is 48.5 Å². The van der Waals surface area contributed by atoms with Crippen molar-refractivity contribution >= 4 is 0 Å². The minimum atomic E-state index is 0.237. The van der Waals surface area contributed by atoms with Crippen LogP contribution in [0.3, 0.4) is 0 Å². The minimum absolute atomic E-state index is 0.237. The summed E-state index contributed by atoms with van der Waals surface area (Å²) in [6, 6.07) is 17.8. The molecule has 0 saturated heterocycles. The van der Waals surface area contributed by atoms with Gasteiger partial charge >= 0.3 is 0 Å². The molecule has 2 nitrogen and oxygen atoms in total. The van der Waals surface area contributed by atoms with E-state index in [-0.39, 0.29) is 6.10 Å². The smallest absolute Gasteiger partial charge is 0.119 e. The van der Waals surface area contributed by atoms with Gasteiger partial charge in [0.05, 0.1) is 17.7 Å². The Hall–Kier alpha value is -2.27. The van der Waals surface area contributed by atoms with E-state index in [1.54, 1.807) is 0 Å². The van der Waals surface area contributed by atoms with Gasteiger partial charge in [-0.05, 0) is 48.7 Å². The van der Waals surface area contributed by atoms with Crippen molar-refractivity contribution in [3.63, 3.8) is 0 Å². The maximum absolute atomic E-state index is 8.78.